The van der Waals surface area contributed by atoms with Crippen molar-refractivity contribution in [1.82, 2.24) is 5.32 Å². The number of carboxylic acids is 1. The van der Waals surface area contributed by atoms with E-state index in [9.17, 15) is 14.7 Å². The Kier molecular flexibility index (Phi) is 4.52. The molecule has 1 aromatic carbocycles. The van der Waals surface area contributed by atoms with Crippen LogP contribution in [-0.2, 0) is 4.79 Å². The van der Waals surface area contributed by atoms with E-state index < -0.39 is 11.5 Å². The predicted octanol–water partition coefficient (Wildman–Crippen LogP) is 2.53. The molecule has 102 valence electrons. The highest BCUT2D eigenvalue weighted by Gasteiger charge is 2.41. The maximum Gasteiger partial charge on any atom is 0.329 e. The minimum Gasteiger partial charge on any atom is -0.480 e. The third kappa shape index (κ3) is 3.30. The molecular weight excluding hydrogens is 330 g/mol. The number of carbonyl (C=O) groups excluding carboxylic acids is 1. The molecule has 1 aliphatic heterocycles. The van der Waals surface area contributed by atoms with Gasteiger partial charge in [0.05, 0.1) is 0 Å². The summed E-state index contributed by atoms with van der Waals surface area (Å²) in [6.45, 7) is 0. The van der Waals surface area contributed by atoms with Gasteiger partial charge in [-0.15, -0.1) is 0 Å². The number of benzene rings is 1. The minimum absolute atomic E-state index is 0.337. The van der Waals surface area contributed by atoms with Gasteiger partial charge >= 0.3 is 5.97 Å². The van der Waals surface area contributed by atoms with Crippen LogP contribution in [-0.4, -0.2) is 34.0 Å². The van der Waals surface area contributed by atoms with Crippen molar-refractivity contribution in [2.24, 2.45) is 0 Å². The molecule has 0 aliphatic carbocycles. The lowest BCUT2D eigenvalue weighted by Crippen LogP contribution is -2.56. The van der Waals surface area contributed by atoms with Crippen LogP contribution in [0, 0.1) is 0 Å². The average Bonchev–Trinajstić information content (AvgIpc) is 2.39. The number of carboxylic acid groups (broad SMARTS) is 1. The first kappa shape index (κ1) is 14.4. The van der Waals surface area contributed by atoms with E-state index in [0.29, 0.717) is 18.4 Å². The molecule has 1 fully saturated rings. The molecule has 0 unspecified atom stereocenters. The van der Waals surface area contributed by atoms with E-state index in [-0.39, 0.29) is 5.91 Å². The van der Waals surface area contributed by atoms with Crippen molar-refractivity contribution in [1.29, 1.82) is 0 Å². The first-order valence-corrected chi connectivity index (χ1v) is 7.87. The largest absolute Gasteiger partial charge is 0.480 e. The van der Waals surface area contributed by atoms with Crippen molar-refractivity contribution in [3.8, 4) is 0 Å². The molecule has 1 amide bonds. The fraction of sp³-hybridized carbons (Fsp3) is 0.385. The molecule has 2 rings (SSSR count). The molecule has 2 N–H and O–H groups in total. The normalized spacial score (nSPS) is 17.7. The van der Waals surface area contributed by atoms with Gasteiger partial charge in [0.15, 0.2) is 0 Å². The number of halogens is 1. The summed E-state index contributed by atoms with van der Waals surface area (Å²) in [7, 11) is 0. The predicted molar refractivity (Wildman–Crippen MR) is 78.5 cm³/mol. The van der Waals surface area contributed by atoms with Crippen molar-refractivity contribution in [2.45, 2.75) is 18.4 Å². The molecule has 0 aromatic heterocycles. The molecule has 1 saturated heterocycles. The van der Waals surface area contributed by atoms with Crippen LogP contribution in [0.1, 0.15) is 23.2 Å². The van der Waals surface area contributed by atoms with Crippen LogP contribution in [0.25, 0.3) is 0 Å². The van der Waals surface area contributed by atoms with E-state index in [0.717, 1.165) is 16.0 Å². The number of nitrogens with one attached hydrogen (secondary N) is 1. The standard InChI is InChI=1S/C13H14BrNO3S/c14-10-3-1-2-9(8-10)11(16)15-13(12(17)18)4-6-19-7-5-13/h1-3,8H,4-7H2,(H,15,16)(H,17,18). The Morgan fingerprint density at radius 1 is 1.32 bits per heavy atom. The summed E-state index contributed by atoms with van der Waals surface area (Å²) in [5.41, 5.74) is -0.654. The second kappa shape index (κ2) is 5.96. The SMILES string of the molecule is O=C(NC1(C(=O)O)CCSCC1)c1cccc(Br)c1. The highest BCUT2D eigenvalue weighted by atomic mass is 79.9. The lowest BCUT2D eigenvalue weighted by molar-refractivity contribution is -0.144. The lowest BCUT2D eigenvalue weighted by atomic mass is 9.92. The van der Waals surface area contributed by atoms with Gasteiger partial charge in [0, 0.05) is 10.0 Å². The van der Waals surface area contributed by atoms with Crippen molar-refractivity contribution in [2.75, 3.05) is 11.5 Å². The number of thioether (sulfide) groups is 1. The van der Waals surface area contributed by atoms with Gasteiger partial charge in [-0.25, -0.2) is 4.79 Å². The Balaban J connectivity index is 2.18. The number of rotatable bonds is 3. The summed E-state index contributed by atoms with van der Waals surface area (Å²) >= 11 is 5.02. The first-order valence-electron chi connectivity index (χ1n) is 5.93. The Hall–Kier alpha value is -1.01. The van der Waals surface area contributed by atoms with Gasteiger partial charge in [0.25, 0.3) is 5.91 Å². The van der Waals surface area contributed by atoms with E-state index in [4.69, 9.17) is 0 Å². The highest BCUT2D eigenvalue weighted by Crippen LogP contribution is 2.28. The smallest absolute Gasteiger partial charge is 0.329 e. The monoisotopic (exact) mass is 343 g/mol. The molecule has 0 spiro atoms. The first-order chi connectivity index (χ1) is 9.03. The van der Waals surface area contributed by atoms with Crippen LogP contribution in [0.3, 0.4) is 0 Å². The second-order valence-corrected chi connectivity index (χ2v) is 6.60. The summed E-state index contributed by atoms with van der Waals surface area (Å²) < 4.78 is 0.795. The van der Waals surface area contributed by atoms with Gasteiger partial charge in [-0.3, -0.25) is 4.79 Å². The van der Waals surface area contributed by atoms with E-state index in [2.05, 4.69) is 21.2 Å². The van der Waals surface area contributed by atoms with Gasteiger partial charge in [-0.2, -0.15) is 11.8 Å². The van der Waals surface area contributed by atoms with Crippen LogP contribution < -0.4 is 5.32 Å². The molecule has 19 heavy (non-hydrogen) atoms. The summed E-state index contributed by atoms with van der Waals surface area (Å²) in [5, 5.41) is 12.1. The van der Waals surface area contributed by atoms with Crippen LogP contribution >= 0.6 is 27.7 Å². The number of amides is 1. The van der Waals surface area contributed by atoms with Gasteiger partial charge < -0.3 is 10.4 Å². The number of hydrogen-bond acceptors (Lipinski definition) is 3. The number of hydrogen-bond donors (Lipinski definition) is 2. The third-order valence-electron chi connectivity index (χ3n) is 3.20. The van der Waals surface area contributed by atoms with Crippen LogP contribution in [0.4, 0.5) is 0 Å². The zero-order valence-corrected chi connectivity index (χ0v) is 12.6. The van der Waals surface area contributed by atoms with Gasteiger partial charge in [-0.05, 0) is 42.5 Å². The quantitative estimate of drug-likeness (QED) is 0.884. The molecule has 1 aliphatic rings. The molecule has 6 heteroatoms. The molecular formula is C13H14BrNO3S. The fourth-order valence-electron chi connectivity index (χ4n) is 2.03. The Morgan fingerprint density at radius 3 is 2.58 bits per heavy atom. The van der Waals surface area contributed by atoms with Crippen LogP contribution in [0.15, 0.2) is 28.7 Å². The Morgan fingerprint density at radius 2 is 2.00 bits per heavy atom. The maximum absolute atomic E-state index is 12.2. The van der Waals surface area contributed by atoms with Crippen LogP contribution in [0.5, 0.6) is 0 Å². The summed E-state index contributed by atoms with van der Waals surface area (Å²) in [6.07, 6.45) is 0.930. The average molecular weight is 344 g/mol. The van der Waals surface area contributed by atoms with Gasteiger partial charge in [0.2, 0.25) is 0 Å². The lowest BCUT2D eigenvalue weighted by Gasteiger charge is -2.33. The van der Waals surface area contributed by atoms with Gasteiger partial charge in [-0.1, -0.05) is 22.0 Å². The molecule has 0 saturated carbocycles. The van der Waals surface area contributed by atoms with Gasteiger partial charge in [0.1, 0.15) is 5.54 Å². The maximum atomic E-state index is 12.2. The Labute approximate surface area is 124 Å². The van der Waals surface area contributed by atoms with E-state index >= 15 is 0 Å². The topological polar surface area (TPSA) is 66.4 Å². The molecule has 0 atom stereocenters. The van der Waals surface area contributed by atoms with Crippen molar-refractivity contribution in [3.63, 3.8) is 0 Å². The molecule has 1 aromatic rings. The zero-order chi connectivity index (χ0) is 13.9. The zero-order valence-electron chi connectivity index (χ0n) is 10.2. The second-order valence-electron chi connectivity index (χ2n) is 4.46. The summed E-state index contributed by atoms with van der Waals surface area (Å²) in [6, 6.07) is 6.93. The number of carbonyl (C=O) groups is 2. The summed E-state index contributed by atoms with van der Waals surface area (Å²) in [4.78, 5) is 23.6. The molecule has 1 heterocycles. The van der Waals surface area contributed by atoms with Crippen molar-refractivity contribution >= 4 is 39.6 Å². The van der Waals surface area contributed by atoms with Crippen LogP contribution in [0.2, 0.25) is 0 Å². The third-order valence-corrected chi connectivity index (χ3v) is 4.67. The van der Waals surface area contributed by atoms with Crippen molar-refractivity contribution in [3.05, 3.63) is 34.3 Å². The highest BCUT2D eigenvalue weighted by molar-refractivity contribution is 9.10. The van der Waals surface area contributed by atoms with E-state index in [1.807, 2.05) is 6.07 Å². The number of aliphatic carboxylic acids is 1. The minimum atomic E-state index is -1.12. The molecule has 0 bridgehead atoms. The summed E-state index contributed by atoms with van der Waals surface area (Å²) in [5.74, 6) is 0.225. The molecule has 0 radical (unpaired) electrons. The fourth-order valence-corrected chi connectivity index (χ4v) is 3.62. The molecule has 4 nitrogen and oxygen atoms in total. The van der Waals surface area contributed by atoms with E-state index in [1.165, 1.54) is 0 Å². The Bertz CT molecular complexity index is 500. The van der Waals surface area contributed by atoms with Crippen molar-refractivity contribution < 1.29 is 14.7 Å². The van der Waals surface area contributed by atoms with E-state index in [1.54, 1.807) is 30.0 Å².